The Hall–Kier alpha value is -5.04. The molecule has 7 nitrogen and oxygen atoms in total. The Kier molecular flexibility index (Phi) is 16.7. The van der Waals surface area contributed by atoms with E-state index in [4.69, 9.17) is 23.4 Å². The van der Waals surface area contributed by atoms with Crippen molar-refractivity contribution in [2.24, 2.45) is 5.92 Å². The Morgan fingerprint density at radius 1 is 0.600 bits per heavy atom. The van der Waals surface area contributed by atoms with Crippen LogP contribution in [0.15, 0.2) is 106 Å². The van der Waals surface area contributed by atoms with Gasteiger partial charge in [-0.3, -0.25) is 4.79 Å². The van der Waals surface area contributed by atoms with Crippen LogP contribution in [0.5, 0.6) is 17.2 Å². The van der Waals surface area contributed by atoms with Crippen LogP contribution in [0, 0.1) is 5.92 Å². The van der Waals surface area contributed by atoms with Crippen molar-refractivity contribution in [3.8, 4) is 39.5 Å². The highest BCUT2D eigenvalue weighted by Gasteiger charge is 2.12. The SMILES string of the molecule is CCCCCCCCCCOc1ccc(-c2coc3cc(OCCCCCOc4ccc(-c5ccc(C(=O)OC[C@@H](C)CC)cc5)cc4)ccc3c2=O)cc1. The van der Waals surface area contributed by atoms with E-state index in [0.29, 0.717) is 60.2 Å². The highest BCUT2D eigenvalue weighted by atomic mass is 16.5. The zero-order valence-corrected chi connectivity index (χ0v) is 33.0. The standard InChI is InChI=1S/C48H58O7/c1-4-6-7-8-9-10-11-13-30-51-42-26-22-39(23-27-42)45-35-54-46-33-43(28-29-44(46)47(45)49)53-32-15-12-14-31-52-41-24-20-38(21-25-41)37-16-18-40(19-17-37)48(50)55-34-36(3)5-2/h16-29,33,35-36H,4-15,30-32,34H2,1-3H3/t36-/m0/s1. The van der Waals surface area contributed by atoms with Crippen molar-refractivity contribution in [1.29, 1.82) is 0 Å². The maximum Gasteiger partial charge on any atom is 0.338 e. The Morgan fingerprint density at radius 3 is 1.67 bits per heavy atom. The van der Waals surface area contributed by atoms with Gasteiger partial charge in [-0.05, 0) is 96.8 Å². The van der Waals surface area contributed by atoms with E-state index in [9.17, 15) is 9.59 Å². The summed E-state index contributed by atoms with van der Waals surface area (Å²) in [7, 11) is 0. The number of carbonyl (C=O) groups excluding carboxylic acids is 1. The van der Waals surface area contributed by atoms with Gasteiger partial charge in [0, 0.05) is 6.07 Å². The average molecular weight is 747 g/mol. The van der Waals surface area contributed by atoms with Crippen LogP contribution in [0.3, 0.4) is 0 Å². The third-order valence-corrected chi connectivity index (χ3v) is 10.0. The molecule has 0 saturated heterocycles. The van der Waals surface area contributed by atoms with Gasteiger partial charge in [-0.1, -0.05) is 109 Å². The summed E-state index contributed by atoms with van der Waals surface area (Å²) < 4.78 is 29.2. The summed E-state index contributed by atoms with van der Waals surface area (Å²) in [4.78, 5) is 25.6. The van der Waals surface area contributed by atoms with Gasteiger partial charge in [-0.2, -0.15) is 0 Å². The molecule has 0 aliphatic carbocycles. The maximum atomic E-state index is 13.3. The Morgan fingerprint density at radius 2 is 1.09 bits per heavy atom. The minimum absolute atomic E-state index is 0.0693. The first-order valence-electron chi connectivity index (χ1n) is 20.4. The van der Waals surface area contributed by atoms with Crippen molar-refractivity contribution >= 4 is 16.9 Å². The number of hydrogen-bond acceptors (Lipinski definition) is 7. The molecule has 4 aromatic carbocycles. The van der Waals surface area contributed by atoms with Gasteiger partial charge in [0.1, 0.15) is 29.1 Å². The topological polar surface area (TPSA) is 84.2 Å². The number of unbranched alkanes of at least 4 members (excludes halogenated alkanes) is 9. The molecule has 292 valence electrons. The molecule has 55 heavy (non-hydrogen) atoms. The number of esters is 1. The molecule has 0 aliphatic rings. The summed E-state index contributed by atoms with van der Waals surface area (Å²) in [5, 5.41) is 0.525. The van der Waals surface area contributed by atoms with Crippen LogP contribution in [0.4, 0.5) is 0 Å². The largest absolute Gasteiger partial charge is 0.494 e. The summed E-state index contributed by atoms with van der Waals surface area (Å²) in [6, 6.07) is 28.6. The van der Waals surface area contributed by atoms with Crippen molar-refractivity contribution in [3.63, 3.8) is 0 Å². The number of rotatable bonds is 24. The second-order valence-corrected chi connectivity index (χ2v) is 14.5. The van der Waals surface area contributed by atoms with Crippen molar-refractivity contribution in [2.75, 3.05) is 26.4 Å². The predicted molar refractivity (Wildman–Crippen MR) is 222 cm³/mol. The summed E-state index contributed by atoms with van der Waals surface area (Å²) in [5.74, 6) is 2.38. The van der Waals surface area contributed by atoms with Crippen LogP contribution in [0.25, 0.3) is 33.2 Å². The molecule has 0 saturated carbocycles. The van der Waals surface area contributed by atoms with Crippen LogP contribution in [0.2, 0.25) is 0 Å². The molecule has 0 aliphatic heterocycles. The van der Waals surface area contributed by atoms with Gasteiger partial charge in [0.15, 0.2) is 5.43 Å². The van der Waals surface area contributed by atoms with Crippen LogP contribution < -0.4 is 19.6 Å². The normalized spacial score (nSPS) is 11.7. The van der Waals surface area contributed by atoms with Crippen molar-refractivity contribution < 1.29 is 28.2 Å². The van der Waals surface area contributed by atoms with Gasteiger partial charge < -0.3 is 23.4 Å². The fourth-order valence-electron chi connectivity index (χ4n) is 6.28. The smallest absolute Gasteiger partial charge is 0.338 e. The molecule has 5 aromatic rings. The van der Waals surface area contributed by atoms with E-state index in [1.54, 1.807) is 12.1 Å². The lowest BCUT2D eigenvalue weighted by molar-refractivity contribution is 0.0447. The van der Waals surface area contributed by atoms with Gasteiger partial charge in [0.05, 0.1) is 42.9 Å². The highest BCUT2D eigenvalue weighted by Crippen LogP contribution is 2.26. The molecule has 1 aromatic heterocycles. The summed E-state index contributed by atoms with van der Waals surface area (Å²) >= 11 is 0. The second-order valence-electron chi connectivity index (χ2n) is 14.5. The third-order valence-electron chi connectivity index (χ3n) is 10.0. The van der Waals surface area contributed by atoms with E-state index in [0.717, 1.165) is 60.3 Å². The summed E-state index contributed by atoms with van der Waals surface area (Å²) in [5.41, 5.74) is 4.40. The van der Waals surface area contributed by atoms with Crippen molar-refractivity contribution in [3.05, 3.63) is 113 Å². The van der Waals surface area contributed by atoms with Gasteiger partial charge in [-0.15, -0.1) is 0 Å². The summed E-state index contributed by atoms with van der Waals surface area (Å²) in [6.07, 6.45) is 15.4. The number of benzene rings is 4. The molecule has 0 unspecified atom stereocenters. The van der Waals surface area contributed by atoms with Gasteiger partial charge in [0.25, 0.3) is 0 Å². The molecule has 0 bridgehead atoms. The van der Waals surface area contributed by atoms with E-state index in [2.05, 4.69) is 20.8 Å². The molecule has 0 radical (unpaired) electrons. The monoisotopic (exact) mass is 746 g/mol. The zero-order chi connectivity index (χ0) is 38.7. The lowest BCUT2D eigenvalue weighted by Crippen LogP contribution is -2.11. The quantitative estimate of drug-likeness (QED) is 0.0459. The van der Waals surface area contributed by atoms with E-state index >= 15 is 0 Å². The van der Waals surface area contributed by atoms with Crippen molar-refractivity contribution in [2.45, 2.75) is 97.8 Å². The molecule has 7 heteroatoms. The number of carbonyl (C=O) groups is 1. The minimum Gasteiger partial charge on any atom is -0.494 e. The Balaban J connectivity index is 0.981. The van der Waals surface area contributed by atoms with Crippen LogP contribution in [0.1, 0.15) is 108 Å². The molecule has 1 heterocycles. The number of hydrogen-bond donors (Lipinski definition) is 0. The molecule has 0 spiro atoms. The maximum absolute atomic E-state index is 13.3. The minimum atomic E-state index is -0.285. The fraction of sp³-hybridized carbons (Fsp3) is 0.417. The lowest BCUT2D eigenvalue weighted by Gasteiger charge is -2.10. The summed E-state index contributed by atoms with van der Waals surface area (Å²) in [6.45, 7) is 8.73. The van der Waals surface area contributed by atoms with Gasteiger partial charge in [0.2, 0.25) is 0 Å². The van der Waals surface area contributed by atoms with Gasteiger partial charge in [-0.25, -0.2) is 4.79 Å². The number of ether oxygens (including phenoxy) is 4. The first-order valence-corrected chi connectivity index (χ1v) is 20.4. The second kappa shape index (κ2) is 22.4. The molecule has 0 fully saturated rings. The third kappa shape index (κ3) is 13.0. The van der Waals surface area contributed by atoms with E-state index in [-0.39, 0.29) is 11.4 Å². The van der Waals surface area contributed by atoms with Crippen LogP contribution in [-0.2, 0) is 4.74 Å². The molecule has 0 amide bonds. The highest BCUT2D eigenvalue weighted by molar-refractivity contribution is 5.90. The molecule has 0 N–H and O–H groups in total. The van der Waals surface area contributed by atoms with E-state index in [1.807, 2.05) is 78.9 Å². The Bertz CT molecular complexity index is 1930. The molecule has 5 rings (SSSR count). The molecular weight excluding hydrogens is 689 g/mol. The lowest BCUT2D eigenvalue weighted by atomic mass is 10.0. The molecular formula is C48H58O7. The van der Waals surface area contributed by atoms with Crippen LogP contribution in [-0.4, -0.2) is 32.4 Å². The van der Waals surface area contributed by atoms with Gasteiger partial charge >= 0.3 is 5.97 Å². The zero-order valence-electron chi connectivity index (χ0n) is 33.0. The first kappa shape index (κ1) is 41.1. The fourth-order valence-corrected chi connectivity index (χ4v) is 6.28. The molecule has 1 atom stereocenters. The van der Waals surface area contributed by atoms with E-state index < -0.39 is 0 Å². The van der Waals surface area contributed by atoms with E-state index in [1.165, 1.54) is 51.2 Å². The number of fused-ring (bicyclic) bond motifs is 1. The average Bonchev–Trinajstić information content (AvgIpc) is 3.22. The van der Waals surface area contributed by atoms with Crippen molar-refractivity contribution in [1.82, 2.24) is 0 Å². The Labute approximate surface area is 327 Å². The first-order chi connectivity index (χ1) is 26.9. The van der Waals surface area contributed by atoms with Crippen LogP contribution >= 0.6 is 0 Å². The predicted octanol–water partition coefficient (Wildman–Crippen LogP) is 12.5.